The molecule has 0 atom stereocenters. The van der Waals surface area contributed by atoms with E-state index in [0.29, 0.717) is 30.2 Å². The molecule has 1 heterocycles. The van der Waals surface area contributed by atoms with E-state index >= 15 is 0 Å². The minimum absolute atomic E-state index is 0.205. The van der Waals surface area contributed by atoms with Crippen molar-refractivity contribution in [2.24, 2.45) is 5.10 Å². The molecule has 1 aliphatic rings. The van der Waals surface area contributed by atoms with Crippen LogP contribution in [0.25, 0.3) is 0 Å². The molecule has 1 amide bonds. The minimum atomic E-state index is -0.256. The number of rotatable bonds is 5. The second-order valence-electron chi connectivity index (χ2n) is 5.58. The summed E-state index contributed by atoms with van der Waals surface area (Å²) >= 11 is 6.35. The molecule has 1 aliphatic heterocycles. The van der Waals surface area contributed by atoms with Gasteiger partial charge in [-0.25, -0.2) is 0 Å². The number of benzene rings is 1. The number of nitrogens with one attached hydrogen (secondary N) is 1. The average molecular weight is 359 g/mol. The molecule has 8 heteroatoms. The molecule has 1 fully saturated rings. The monoisotopic (exact) mass is 358 g/mol. The van der Waals surface area contributed by atoms with Gasteiger partial charge in [0.1, 0.15) is 12.1 Å². The summed E-state index contributed by atoms with van der Waals surface area (Å²) in [5.41, 5.74) is 3.86. The Bertz CT molecular complexity index is 724. The maximum absolute atomic E-state index is 11.9. The SMILES string of the molecule is CCCC(=O)N1CCN(c2ccc(NN=C(C#N)C#N)cc2Cl)CC1. The van der Waals surface area contributed by atoms with Gasteiger partial charge in [0.25, 0.3) is 0 Å². The fraction of sp³-hybridized carbons (Fsp3) is 0.412. The zero-order valence-corrected chi connectivity index (χ0v) is 14.8. The summed E-state index contributed by atoms with van der Waals surface area (Å²) in [6.07, 6.45) is 1.45. The van der Waals surface area contributed by atoms with Gasteiger partial charge in [-0.15, -0.1) is 0 Å². The van der Waals surface area contributed by atoms with E-state index in [9.17, 15) is 4.79 Å². The van der Waals surface area contributed by atoms with Crippen LogP contribution in [0.4, 0.5) is 11.4 Å². The summed E-state index contributed by atoms with van der Waals surface area (Å²) in [7, 11) is 0. The zero-order chi connectivity index (χ0) is 18.2. The first-order chi connectivity index (χ1) is 12.1. The Hall–Kier alpha value is -2.77. The molecular weight excluding hydrogens is 340 g/mol. The van der Waals surface area contributed by atoms with Gasteiger partial charge < -0.3 is 9.80 Å². The fourth-order valence-electron chi connectivity index (χ4n) is 2.60. The van der Waals surface area contributed by atoms with E-state index in [-0.39, 0.29) is 11.6 Å². The standard InChI is InChI=1S/C17H19ClN6O/c1-2-3-17(25)24-8-6-23(7-9-24)16-5-4-13(10-15(16)18)21-22-14(11-19)12-20/h4-5,10,21H,2-3,6-9H2,1H3. The van der Waals surface area contributed by atoms with Gasteiger partial charge in [0.2, 0.25) is 11.6 Å². The Morgan fingerprint density at radius 1 is 1.28 bits per heavy atom. The van der Waals surface area contributed by atoms with Crippen molar-refractivity contribution in [2.45, 2.75) is 19.8 Å². The highest BCUT2D eigenvalue weighted by Gasteiger charge is 2.21. The van der Waals surface area contributed by atoms with E-state index in [4.69, 9.17) is 22.1 Å². The van der Waals surface area contributed by atoms with Gasteiger partial charge in [-0.05, 0) is 24.6 Å². The zero-order valence-electron chi connectivity index (χ0n) is 14.0. The first-order valence-electron chi connectivity index (χ1n) is 8.05. The van der Waals surface area contributed by atoms with Crippen molar-refractivity contribution in [1.82, 2.24) is 4.90 Å². The predicted molar refractivity (Wildman–Crippen MR) is 97.4 cm³/mol. The molecule has 130 valence electrons. The molecule has 1 aromatic carbocycles. The van der Waals surface area contributed by atoms with Crippen molar-refractivity contribution < 1.29 is 4.79 Å². The minimum Gasteiger partial charge on any atom is -0.367 e. The number of carbonyl (C=O) groups excluding carboxylic acids is 1. The normalized spacial score (nSPS) is 13.6. The molecule has 0 aliphatic carbocycles. The van der Waals surface area contributed by atoms with Crippen molar-refractivity contribution in [3.63, 3.8) is 0 Å². The van der Waals surface area contributed by atoms with Crippen LogP contribution in [0.2, 0.25) is 5.02 Å². The van der Waals surface area contributed by atoms with Crippen LogP contribution < -0.4 is 10.3 Å². The lowest BCUT2D eigenvalue weighted by Crippen LogP contribution is -2.48. The Balaban J connectivity index is 2.00. The summed E-state index contributed by atoms with van der Waals surface area (Å²) < 4.78 is 0. The highest BCUT2D eigenvalue weighted by molar-refractivity contribution is 6.33. The van der Waals surface area contributed by atoms with Crippen molar-refractivity contribution >= 4 is 34.6 Å². The highest BCUT2D eigenvalue weighted by atomic mass is 35.5. The Morgan fingerprint density at radius 2 is 1.96 bits per heavy atom. The number of halogens is 1. The third kappa shape index (κ3) is 4.85. The van der Waals surface area contributed by atoms with E-state index in [1.165, 1.54) is 0 Å². The average Bonchev–Trinajstić information content (AvgIpc) is 2.63. The van der Waals surface area contributed by atoms with Gasteiger partial charge in [-0.2, -0.15) is 15.6 Å². The van der Waals surface area contributed by atoms with Crippen molar-refractivity contribution in [1.29, 1.82) is 10.5 Å². The van der Waals surface area contributed by atoms with Crippen LogP contribution in [0.3, 0.4) is 0 Å². The Kier molecular flexibility index (Phi) is 6.62. The van der Waals surface area contributed by atoms with Gasteiger partial charge in [-0.1, -0.05) is 18.5 Å². The molecular formula is C17H19ClN6O. The van der Waals surface area contributed by atoms with Gasteiger partial charge in [0, 0.05) is 32.6 Å². The van der Waals surface area contributed by atoms with Gasteiger partial charge >= 0.3 is 0 Å². The lowest BCUT2D eigenvalue weighted by molar-refractivity contribution is -0.131. The number of hydrazone groups is 1. The molecule has 1 saturated heterocycles. The van der Waals surface area contributed by atoms with Crippen molar-refractivity contribution in [2.75, 3.05) is 36.5 Å². The summed E-state index contributed by atoms with van der Waals surface area (Å²) in [6, 6.07) is 8.69. The number of nitriles is 2. The van der Waals surface area contributed by atoms with Crippen LogP contribution in [0.15, 0.2) is 23.3 Å². The third-order valence-corrected chi connectivity index (χ3v) is 4.20. The molecule has 0 bridgehead atoms. The van der Waals surface area contributed by atoms with Crippen LogP contribution >= 0.6 is 11.6 Å². The second-order valence-corrected chi connectivity index (χ2v) is 5.99. The third-order valence-electron chi connectivity index (χ3n) is 3.89. The first-order valence-corrected chi connectivity index (χ1v) is 8.43. The summed E-state index contributed by atoms with van der Waals surface area (Å²) in [5, 5.41) is 21.6. The van der Waals surface area contributed by atoms with Crippen LogP contribution in [-0.4, -0.2) is 42.7 Å². The molecule has 0 unspecified atom stereocenters. The lowest BCUT2D eigenvalue weighted by Gasteiger charge is -2.36. The topological polar surface area (TPSA) is 95.5 Å². The number of anilines is 2. The second kappa shape index (κ2) is 8.91. The molecule has 1 aromatic rings. The number of piperazine rings is 1. The molecule has 25 heavy (non-hydrogen) atoms. The summed E-state index contributed by atoms with van der Waals surface area (Å²) in [5.74, 6) is 0.205. The number of amides is 1. The highest BCUT2D eigenvalue weighted by Crippen LogP contribution is 2.29. The van der Waals surface area contributed by atoms with Crippen LogP contribution in [0, 0.1) is 22.7 Å². The fourth-order valence-corrected chi connectivity index (χ4v) is 2.90. The number of nitrogens with zero attached hydrogens (tertiary/aromatic N) is 5. The Labute approximate surface area is 152 Å². The molecule has 0 aromatic heterocycles. The quantitative estimate of drug-likeness (QED) is 0.644. The molecule has 0 spiro atoms. The molecule has 1 N–H and O–H groups in total. The van der Waals surface area contributed by atoms with E-state index in [0.717, 1.165) is 25.2 Å². The first kappa shape index (κ1) is 18.6. The maximum atomic E-state index is 11.9. The van der Waals surface area contributed by atoms with Crippen molar-refractivity contribution in [3.8, 4) is 12.1 Å². The van der Waals surface area contributed by atoms with E-state index in [1.54, 1.807) is 24.3 Å². The summed E-state index contributed by atoms with van der Waals surface area (Å²) in [4.78, 5) is 16.0. The van der Waals surface area contributed by atoms with E-state index in [1.807, 2.05) is 17.9 Å². The van der Waals surface area contributed by atoms with Gasteiger partial charge in [0.15, 0.2) is 0 Å². The molecule has 0 saturated carbocycles. The summed E-state index contributed by atoms with van der Waals surface area (Å²) in [6.45, 7) is 4.84. The smallest absolute Gasteiger partial charge is 0.237 e. The molecule has 2 rings (SSSR count). The molecule has 7 nitrogen and oxygen atoms in total. The van der Waals surface area contributed by atoms with E-state index in [2.05, 4.69) is 15.4 Å². The lowest BCUT2D eigenvalue weighted by atomic mass is 10.2. The van der Waals surface area contributed by atoms with Crippen LogP contribution in [0.1, 0.15) is 19.8 Å². The number of hydrogen-bond donors (Lipinski definition) is 1. The maximum Gasteiger partial charge on any atom is 0.237 e. The van der Waals surface area contributed by atoms with Crippen LogP contribution in [0.5, 0.6) is 0 Å². The largest absolute Gasteiger partial charge is 0.367 e. The van der Waals surface area contributed by atoms with Crippen LogP contribution in [-0.2, 0) is 4.79 Å². The van der Waals surface area contributed by atoms with Gasteiger partial charge in [-0.3, -0.25) is 10.2 Å². The number of carbonyl (C=O) groups is 1. The predicted octanol–water partition coefficient (Wildman–Crippen LogP) is 2.60. The Morgan fingerprint density at radius 3 is 2.52 bits per heavy atom. The van der Waals surface area contributed by atoms with E-state index < -0.39 is 0 Å². The van der Waals surface area contributed by atoms with Crippen molar-refractivity contribution in [3.05, 3.63) is 23.2 Å². The number of hydrogen-bond acceptors (Lipinski definition) is 6. The van der Waals surface area contributed by atoms with Gasteiger partial charge in [0.05, 0.1) is 16.4 Å². The molecule has 0 radical (unpaired) electrons.